The standard InChI is InChI=1S/C13H29NO2S/c1-5-6-7-8-9-10-11-12-14-17(15,16)13(2,3)4/h14H,5-12H2,1-4H3. The van der Waals surface area contributed by atoms with Crippen LogP contribution >= 0.6 is 0 Å². The summed E-state index contributed by atoms with van der Waals surface area (Å²) in [6, 6.07) is 0. The number of unbranched alkanes of at least 4 members (excludes halogenated alkanes) is 6. The van der Waals surface area contributed by atoms with Gasteiger partial charge in [0, 0.05) is 6.54 Å². The van der Waals surface area contributed by atoms with E-state index in [9.17, 15) is 8.42 Å². The van der Waals surface area contributed by atoms with E-state index in [0.29, 0.717) is 6.54 Å². The molecule has 0 aromatic rings. The molecule has 0 aromatic heterocycles. The molecule has 17 heavy (non-hydrogen) atoms. The molecule has 0 saturated heterocycles. The van der Waals surface area contributed by atoms with Gasteiger partial charge in [-0.05, 0) is 27.2 Å². The molecule has 0 aromatic carbocycles. The average Bonchev–Trinajstić information content (AvgIpc) is 2.20. The molecule has 0 amide bonds. The molecule has 0 heterocycles. The van der Waals surface area contributed by atoms with Crippen LogP contribution in [0.4, 0.5) is 0 Å². The van der Waals surface area contributed by atoms with Gasteiger partial charge in [0.1, 0.15) is 0 Å². The number of rotatable bonds is 9. The zero-order valence-corrected chi connectivity index (χ0v) is 12.7. The Morgan fingerprint density at radius 1 is 0.882 bits per heavy atom. The van der Waals surface area contributed by atoms with E-state index in [1.807, 2.05) is 0 Å². The summed E-state index contributed by atoms with van der Waals surface area (Å²) in [6.07, 6.45) is 8.46. The van der Waals surface area contributed by atoms with Gasteiger partial charge in [-0.1, -0.05) is 45.4 Å². The molecule has 0 aliphatic heterocycles. The lowest BCUT2D eigenvalue weighted by Gasteiger charge is -2.19. The molecule has 4 heteroatoms. The van der Waals surface area contributed by atoms with Gasteiger partial charge in [-0.3, -0.25) is 0 Å². The lowest BCUT2D eigenvalue weighted by Crippen LogP contribution is -2.39. The summed E-state index contributed by atoms with van der Waals surface area (Å²) in [5.41, 5.74) is 0. The second-order valence-corrected chi connectivity index (χ2v) is 8.15. The molecule has 0 unspecified atom stereocenters. The second kappa shape index (κ2) is 8.09. The number of nitrogens with one attached hydrogen (secondary N) is 1. The summed E-state index contributed by atoms with van der Waals surface area (Å²) in [5, 5.41) is 0. The first-order chi connectivity index (χ1) is 7.81. The number of sulfonamides is 1. The number of hydrogen-bond donors (Lipinski definition) is 1. The third-order valence-corrected chi connectivity index (χ3v) is 5.08. The summed E-state index contributed by atoms with van der Waals surface area (Å²) < 4.78 is 25.4. The van der Waals surface area contributed by atoms with Crippen molar-refractivity contribution in [2.75, 3.05) is 6.54 Å². The van der Waals surface area contributed by atoms with Crippen molar-refractivity contribution in [1.82, 2.24) is 4.72 Å². The Kier molecular flexibility index (Phi) is 8.05. The molecule has 0 radical (unpaired) electrons. The van der Waals surface area contributed by atoms with Gasteiger partial charge in [0.15, 0.2) is 0 Å². The predicted octanol–water partition coefficient (Wildman–Crippen LogP) is 3.45. The molecule has 1 N–H and O–H groups in total. The van der Waals surface area contributed by atoms with E-state index in [1.165, 1.54) is 32.1 Å². The fourth-order valence-electron chi connectivity index (χ4n) is 1.51. The zero-order chi connectivity index (χ0) is 13.4. The van der Waals surface area contributed by atoms with Crippen LogP contribution in [0.15, 0.2) is 0 Å². The molecule has 104 valence electrons. The Morgan fingerprint density at radius 2 is 1.35 bits per heavy atom. The molecule has 0 rings (SSSR count). The van der Waals surface area contributed by atoms with Gasteiger partial charge in [0.25, 0.3) is 0 Å². The maximum absolute atomic E-state index is 11.7. The van der Waals surface area contributed by atoms with E-state index in [0.717, 1.165) is 12.8 Å². The summed E-state index contributed by atoms with van der Waals surface area (Å²) in [7, 11) is -3.15. The lowest BCUT2D eigenvalue weighted by molar-refractivity contribution is 0.536. The fraction of sp³-hybridized carbons (Fsp3) is 1.00. The van der Waals surface area contributed by atoms with Gasteiger partial charge < -0.3 is 0 Å². The van der Waals surface area contributed by atoms with Crippen molar-refractivity contribution >= 4 is 10.0 Å². The average molecular weight is 263 g/mol. The van der Waals surface area contributed by atoms with E-state index < -0.39 is 14.8 Å². The van der Waals surface area contributed by atoms with Gasteiger partial charge >= 0.3 is 0 Å². The van der Waals surface area contributed by atoms with Crippen LogP contribution in [0.25, 0.3) is 0 Å². The maximum atomic E-state index is 11.7. The first kappa shape index (κ1) is 16.9. The molecule has 0 spiro atoms. The summed E-state index contributed by atoms with van der Waals surface area (Å²) in [4.78, 5) is 0. The van der Waals surface area contributed by atoms with Crippen LogP contribution in [0.1, 0.15) is 72.6 Å². The molecule has 0 aliphatic carbocycles. The highest BCUT2D eigenvalue weighted by Crippen LogP contribution is 2.13. The van der Waals surface area contributed by atoms with E-state index in [1.54, 1.807) is 20.8 Å². The minimum absolute atomic E-state index is 0.577. The molecular weight excluding hydrogens is 234 g/mol. The van der Waals surface area contributed by atoms with Gasteiger partial charge in [0.05, 0.1) is 4.75 Å². The van der Waals surface area contributed by atoms with Crippen LogP contribution in [0.3, 0.4) is 0 Å². The fourth-order valence-corrected chi connectivity index (χ4v) is 2.35. The third-order valence-electron chi connectivity index (χ3n) is 2.88. The van der Waals surface area contributed by atoms with Crippen LogP contribution < -0.4 is 4.72 Å². The summed E-state index contributed by atoms with van der Waals surface area (Å²) in [6.45, 7) is 7.95. The van der Waals surface area contributed by atoms with Crippen molar-refractivity contribution in [3.8, 4) is 0 Å². The van der Waals surface area contributed by atoms with Gasteiger partial charge in [-0.15, -0.1) is 0 Å². The predicted molar refractivity (Wildman–Crippen MR) is 74.7 cm³/mol. The van der Waals surface area contributed by atoms with Crippen LogP contribution in [-0.4, -0.2) is 19.7 Å². The Morgan fingerprint density at radius 3 is 1.82 bits per heavy atom. The molecule has 0 aliphatic rings. The Bertz CT molecular complexity index is 278. The second-order valence-electron chi connectivity index (χ2n) is 5.63. The molecule has 0 bridgehead atoms. The SMILES string of the molecule is CCCCCCCCCNS(=O)(=O)C(C)(C)C. The quantitative estimate of drug-likeness (QED) is 0.648. The molecule has 0 fully saturated rings. The topological polar surface area (TPSA) is 46.2 Å². The first-order valence-corrected chi connectivity index (χ1v) is 8.29. The van der Waals surface area contributed by atoms with Crippen molar-refractivity contribution in [1.29, 1.82) is 0 Å². The number of hydrogen-bond acceptors (Lipinski definition) is 2. The zero-order valence-electron chi connectivity index (χ0n) is 11.9. The summed E-state index contributed by atoms with van der Waals surface area (Å²) >= 11 is 0. The third kappa shape index (κ3) is 7.77. The Hall–Kier alpha value is -0.0900. The van der Waals surface area contributed by atoms with Crippen molar-refractivity contribution in [3.63, 3.8) is 0 Å². The minimum Gasteiger partial charge on any atom is -0.215 e. The van der Waals surface area contributed by atoms with Gasteiger partial charge in [-0.2, -0.15) is 0 Å². The highest BCUT2D eigenvalue weighted by atomic mass is 32.2. The molecule has 0 atom stereocenters. The van der Waals surface area contributed by atoms with E-state index in [2.05, 4.69) is 11.6 Å². The largest absolute Gasteiger partial charge is 0.216 e. The molecule has 3 nitrogen and oxygen atoms in total. The molecular formula is C13H29NO2S. The van der Waals surface area contributed by atoms with Crippen molar-refractivity contribution in [2.24, 2.45) is 0 Å². The van der Waals surface area contributed by atoms with Crippen LogP contribution in [-0.2, 0) is 10.0 Å². The van der Waals surface area contributed by atoms with Gasteiger partial charge in [-0.25, -0.2) is 13.1 Å². The summed E-state index contributed by atoms with van der Waals surface area (Å²) in [5.74, 6) is 0. The van der Waals surface area contributed by atoms with Crippen LogP contribution in [0.2, 0.25) is 0 Å². The monoisotopic (exact) mass is 263 g/mol. The van der Waals surface area contributed by atoms with Gasteiger partial charge in [0.2, 0.25) is 10.0 Å². The van der Waals surface area contributed by atoms with Crippen molar-refractivity contribution in [2.45, 2.75) is 77.4 Å². The van der Waals surface area contributed by atoms with Crippen molar-refractivity contribution in [3.05, 3.63) is 0 Å². The maximum Gasteiger partial charge on any atom is 0.216 e. The highest BCUT2D eigenvalue weighted by molar-refractivity contribution is 7.90. The van der Waals surface area contributed by atoms with E-state index >= 15 is 0 Å². The normalized spacial score (nSPS) is 12.9. The van der Waals surface area contributed by atoms with Crippen molar-refractivity contribution < 1.29 is 8.42 Å². The van der Waals surface area contributed by atoms with E-state index in [4.69, 9.17) is 0 Å². The highest BCUT2D eigenvalue weighted by Gasteiger charge is 2.27. The first-order valence-electron chi connectivity index (χ1n) is 6.80. The Labute approximate surface area is 107 Å². The minimum atomic E-state index is -3.15. The van der Waals surface area contributed by atoms with E-state index in [-0.39, 0.29) is 0 Å². The smallest absolute Gasteiger partial charge is 0.215 e. The Balaban J connectivity index is 3.53. The molecule has 0 saturated carbocycles. The lowest BCUT2D eigenvalue weighted by atomic mass is 10.1. The van der Waals surface area contributed by atoms with Crippen LogP contribution in [0.5, 0.6) is 0 Å². The van der Waals surface area contributed by atoms with Crippen LogP contribution in [0, 0.1) is 0 Å².